The Bertz CT molecular complexity index is 196. The summed E-state index contributed by atoms with van der Waals surface area (Å²) in [5.41, 5.74) is 1.72. The summed E-state index contributed by atoms with van der Waals surface area (Å²) in [7, 11) is 1.81. The molecule has 0 unspecified atom stereocenters. The minimum absolute atomic E-state index is 0.164. The summed E-state index contributed by atoms with van der Waals surface area (Å²) in [5.74, 6) is -0.164. The quantitative estimate of drug-likeness (QED) is 0.450. The molecule has 0 spiro atoms. The Labute approximate surface area is 66.4 Å². The Kier molecular flexibility index (Phi) is 2.52. The van der Waals surface area contributed by atoms with Gasteiger partial charge < -0.3 is 10.1 Å². The van der Waals surface area contributed by atoms with Crippen molar-refractivity contribution in [1.29, 1.82) is 0 Å². The molecule has 0 atom stereocenters. The molecule has 0 amide bonds. The molecule has 1 aliphatic heterocycles. The van der Waals surface area contributed by atoms with Crippen LogP contribution in [0.25, 0.3) is 0 Å². The average molecular weight is 155 g/mol. The third-order valence-corrected chi connectivity index (χ3v) is 1.88. The van der Waals surface area contributed by atoms with E-state index >= 15 is 0 Å². The fraction of sp³-hybridized carbons (Fsp3) is 0.625. The van der Waals surface area contributed by atoms with E-state index in [-0.39, 0.29) is 5.97 Å². The Hall–Kier alpha value is -0.990. The topological polar surface area (TPSA) is 38.3 Å². The number of hydrogen-bond acceptors (Lipinski definition) is 3. The number of esters is 1. The van der Waals surface area contributed by atoms with Crippen LogP contribution in [0.4, 0.5) is 0 Å². The number of hydrogen-bond donors (Lipinski definition) is 1. The van der Waals surface area contributed by atoms with Crippen molar-refractivity contribution in [3.8, 4) is 0 Å². The third-order valence-electron chi connectivity index (χ3n) is 1.88. The first-order chi connectivity index (χ1) is 5.25. The lowest BCUT2D eigenvalue weighted by Crippen LogP contribution is -2.20. The monoisotopic (exact) mass is 155 g/mol. The van der Waals surface area contributed by atoms with Crippen molar-refractivity contribution < 1.29 is 9.53 Å². The van der Waals surface area contributed by atoms with Crippen LogP contribution in [0.2, 0.25) is 0 Å². The van der Waals surface area contributed by atoms with E-state index in [9.17, 15) is 4.79 Å². The van der Waals surface area contributed by atoms with Crippen LogP contribution in [0.1, 0.15) is 19.8 Å². The summed E-state index contributed by atoms with van der Waals surface area (Å²) in [6.07, 6.45) is 1.78. The largest absolute Gasteiger partial charge is 0.462 e. The zero-order valence-corrected chi connectivity index (χ0v) is 6.94. The predicted octanol–water partition coefficient (Wildman–Crippen LogP) is 0.817. The van der Waals surface area contributed by atoms with Gasteiger partial charge in [-0.15, -0.1) is 0 Å². The molecule has 0 aromatic rings. The smallest absolute Gasteiger partial charge is 0.335 e. The molecule has 0 aromatic heterocycles. The van der Waals surface area contributed by atoms with Crippen molar-refractivity contribution in [1.82, 2.24) is 5.32 Å². The molecule has 0 aromatic carbocycles. The van der Waals surface area contributed by atoms with E-state index in [4.69, 9.17) is 4.74 Å². The van der Waals surface area contributed by atoms with E-state index in [1.807, 2.05) is 14.0 Å². The van der Waals surface area contributed by atoms with Gasteiger partial charge in [-0.05, 0) is 19.8 Å². The number of nitrogens with one attached hydrogen (secondary N) is 1. The molecular formula is C8H13NO2. The Morgan fingerprint density at radius 3 is 2.91 bits per heavy atom. The maximum Gasteiger partial charge on any atom is 0.335 e. The van der Waals surface area contributed by atoms with Gasteiger partial charge in [0.15, 0.2) is 0 Å². The molecule has 1 rings (SSSR count). The van der Waals surface area contributed by atoms with Gasteiger partial charge in [-0.1, -0.05) is 0 Å². The summed E-state index contributed by atoms with van der Waals surface area (Å²) < 4.78 is 4.88. The zero-order chi connectivity index (χ0) is 8.27. The summed E-state index contributed by atoms with van der Waals surface area (Å²) in [5, 5.41) is 2.94. The number of rotatable bonds is 1. The first kappa shape index (κ1) is 8.11. The fourth-order valence-electron chi connectivity index (χ4n) is 1.09. The number of carbonyl (C=O) groups excluding carboxylic acids is 1. The molecule has 11 heavy (non-hydrogen) atoms. The standard InChI is InChI=1S/C8H13NO2/c1-6(9-2)7-4-3-5-11-8(7)10/h9H,3-5H2,1-2H3/b7-6+. The molecule has 1 saturated heterocycles. The van der Waals surface area contributed by atoms with Gasteiger partial charge in [0.1, 0.15) is 0 Å². The van der Waals surface area contributed by atoms with Gasteiger partial charge in [0.05, 0.1) is 12.2 Å². The molecule has 1 heterocycles. The van der Waals surface area contributed by atoms with Crippen molar-refractivity contribution in [3.63, 3.8) is 0 Å². The third kappa shape index (κ3) is 1.73. The highest BCUT2D eigenvalue weighted by molar-refractivity contribution is 5.89. The highest BCUT2D eigenvalue weighted by Gasteiger charge is 2.18. The van der Waals surface area contributed by atoms with E-state index in [1.54, 1.807) is 0 Å². The van der Waals surface area contributed by atoms with Gasteiger partial charge in [0.2, 0.25) is 0 Å². The second-order valence-corrected chi connectivity index (χ2v) is 2.59. The molecular weight excluding hydrogens is 142 g/mol. The maximum absolute atomic E-state index is 11.1. The van der Waals surface area contributed by atoms with Gasteiger partial charge in [0, 0.05) is 12.7 Å². The number of allylic oxidation sites excluding steroid dienone is 1. The van der Waals surface area contributed by atoms with Crippen molar-refractivity contribution in [2.75, 3.05) is 13.7 Å². The van der Waals surface area contributed by atoms with E-state index < -0.39 is 0 Å². The Morgan fingerprint density at radius 2 is 2.36 bits per heavy atom. The van der Waals surface area contributed by atoms with Gasteiger partial charge in [-0.3, -0.25) is 0 Å². The second-order valence-electron chi connectivity index (χ2n) is 2.59. The van der Waals surface area contributed by atoms with E-state index in [0.29, 0.717) is 6.61 Å². The second kappa shape index (κ2) is 3.42. The molecule has 1 N–H and O–H groups in total. The highest BCUT2D eigenvalue weighted by atomic mass is 16.5. The van der Waals surface area contributed by atoms with Crippen molar-refractivity contribution in [3.05, 3.63) is 11.3 Å². The lowest BCUT2D eigenvalue weighted by Gasteiger charge is -2.16. The van der Waals surface area contributed by atoms with Crippen molar-refractivity contribution in [2.45, 2.75) is 19.8 Å². The van der Waals surface area contributed by atoms with E-state index in [0.717, 1.165) is 24.1 Å². The van der Waals surface area contributed by atoms with Crippen molar-refractivity contribution in [2.24, 2.45) is 0 Å². The summed E-state index contributed by atoms with van der Waals surface area (Å²) in [4.78, 5) is 11.1. The summed E-state index contributed by atoms with van der Waals surface area (Å²) in [6, 6.07) is 0. The minimum atomic E-state index is -0.164. The minimum Gasteiger partial charge on any atom is -0.462 e. The summed E-state index contributed by atoms with van der Waals surface area (Å²) >= 11 is 0. The Morgan fingerprint density at radius 1 is 1.64 bits per heavy atom. The predicted molar refractivity (Wildman–Crippen MR) is 42.0 cm³/mol. The Balaban J connectivity index is 2.75. The first-order valence-corrected chi connectivity index (χ1v) is 3.80. The van der Waals surface area contributed by atoms with E-state index in [2.05, 4.69) is 5.32 Å². The van der Waals surface area contributed by atoms with E-state index in [1.165, 1.54) is 0 Å². The lowest BCUT2D eigenvalue weighted by atomic mass is 10.1. The van der Waals surface area contributed by atoms with Crippen LogP contribution in [0, 0.1) is 0 Å². The van der Waals surface area contributed by atoms with Crippen LogP contribution in [0.3, 0.4) is 0 Å². The molecule has 3 nitrogen and oxygen atoms in total. The molecule has 1 aliphatic rings. The molecule has 62 valence electrons. The SMILES string of the molecule is CN/C(C)=C1\CCCOC1=O. The van der Waals surface area contributed by atoms with Crippen LogP contribution >= 0.6 is 0 Å². The van der Waals surface area contributed by atoms with Gasteiger partial charge in [0.25, 0.3) is 0 Å². The molecule has 0 bridgehead atoms. The maximum atomic E-state index is 11.1. The van der Waals surface area contributed by atoms with Crippen LogP contribution in [0.15, 0.2) is 11.3 Å². The van der Waals surface area contributed by atoms with Gasteiger partial charge in [-0.25, -0.2) is 4.79 Å². The van der Waals surface area contributed by atoms with Crippen LogP contribution < -0.4 is 5.32 Å². The molecule has 0 aliphatic carbocycles. The molecule has 0 saturated carbocycles. The molecule has 0 radical (unpaired) electrons. The molecule has 1 fully saturated rings. The lowest BCUT2D eigenvalue weighted by molar-refractivity contribution is -0.141. The van der Waals surface area contributed by atoms with Gasteiger partial charge in [-0.2, -0.15) is 0 Å². The normalized spacial score (nSPS) is 22.5. The number of cyclic esters (lactones) is 1. The zero-order valence-electron chi connectivity index (χ0n) is 6.94. The fourth-order valence-corrected chi connectivity index (χ4v) is 1.09. The summed E-state index contributed by atoms with van der Waals surface area (Å²) in [6.45, 7) is 2.46. The van der Waals surface area contributed by atoms with Crippen molar-refractivity contribution >= 4 is 5.97 Å². The number of ether oxygens (including phenoxy) is 1. The number of carbonyl (C=O) groups is 1. The van der Waals surface area contributed by atoms with Crippen LogP contribution in [-0.4, -0.2) is 19.6 Å². The van der Waals surface area contributed by atoms with Crippen LogP contribution in [0.5, 0.6) is 0 Å². The average Bonchev–Trinajstić information content (AvgIpc) is 2.04. The first-order valence-electron chi connectivity index (χ1n) is 3.80. The molecule has 3 heteroatoms. The van der Waals surface area contributed by atoms with Gasteiger partial charge >= 0.3 is 5.97 Å². The van der Waals surface area contributed by atoms with Crippen LogP contribution in [-0.2, 0) is 9.53 Å². The highest BCUT2D eigenvalue weighted by Crippen LogP contribution is 2.16.